The molecular formula is C15H24N2O. The molecule has 0 spiro atoms. The van der Waals surface area contributed by atoms with Crippen molar-refractivity contribution in [2.45, 2.75) is 45.6 Å². The van der Waals surface area contributed by atoms with E-state index in [0.717, 1.165) is 31.0 Å². The van der Waals surface area contributed by atoms with Crippen LogP contribution < -0.4 is 15.4 Å². The number of anilines is 2. The van der Waals surface area contributed by atoms with E-state index < -0.39 is 0 Å². The first-order valence-corrected chi connectivity index (χ1v) is 6.84. The van der Waals surface area contributed by atoms with Crippen LogP contribution >= 0.6 is 0 Å². The van der Waals surface area contributed by atoms with Crippen LogP contribution in [0.1, 0.15) is 40.0 Å². The summed E-state index contributed by atoms with van der Waals surface area (Å²) < 4.78 is 5.70. The van der Waals surface area contributed by atoms with Crippen LogP contribution in [0, 0.1) is 0 Å². The molecule has 0 amide bonds. The van der Waals surface area contributed by atoms with Crippen LogP contribution in [0.2, 0.25) is 0 Å². The van der Waals surface area contributed by atoms with Gasteiger partial charge in [0, 0.05) is 35.6 Å². The molecule has 1 fully saturated rings. The lowest BCUT2D eigenvalue weighted by Crippen LogP contribution is -2.38. The lowest BCUT2D eigenvalue weighted by atomic mass is 10.0. The SMILES string of the molecule is CCCOc1cc(N)cc(N2CCCC2(C)C)c1. The highest BCUT2D eigenvalue weighted by Crippen LogP contribution is 2.36. The van der Waals surface area contributed by atoms with E-state index in [-0.39, 0.29) is 5.54 Å². The standard InChI is InChI=1S/C15H24N2O/c1-4-8-18-14-10-12(16)9-13(11-14)17-7-5-6-15(17,2)3/h9-11H,4-8,16H2,1-3H3. The molecule has 100 valence electrons. The minimum atomic E-state index is 0.218. The Kier molecular flexibility index (Phi) is 3.69. The molecule has 2 rings (SSSR count). The highest BCUT2D eigenvalue weighted by Gasteiger charge is 2.32. The van der Waals surface area contributed by atoms with Gasteiger partial charge < -0.3 is 15.4 Å². The van der Waals surface area contributed by atoms with E-state index in [9.17, 15) is 0 Å². The fraction of sp³-hybridized carbons (Fsp3) is 0.600. The first-order chi connectivity index (χ1) is 8.53. The smallest absolute Gasteiger partial charge is 0.123 e. The molecule has 1 aliphatic heterocycles. The Morgan fingerprint density at radius 3 is 2.72 bits per heavy atom. The van der Waals surface area contributed by atoms with E-state index in [1.807, 2.05) is 12.1 Å². The molecular weight excluding hydrogens is 224 g/mol. The normalized spacial score (nSPS) is 18.1. The summed E-state index contributed by atoms with van der Waals surface area (Å²) in [6, 6.07) is 6.06. The second kappa shape index (κ2) is 5.09. The van der Waals surface area contributed by atoms with Crippen molar-refractivity contribution in [2.24, 2.45) is 0 Å². The molecule has 0 unspecified atom stereocenters. The van der Waals surface area contributed by atoms with Gasteiger partial charge in [-0.1, -0.05) is 6.92 Å². The van der Waals surface area contributed by atoms with E-state index in [0.29, 0.717) is 0 Å². The molecule has 1 aliphatic rings. The molecule has 0 aromatic heterocycles. The number of rotatable bonds is 4. The van der Waals surface area contributed by atoms with Crippen molar-refractivity contribution in [1.82, 2.24) is 0 Å². The van der Waals surface area contributed by atoms with Crippen molar-refractivity contribution >= 4 is 11.4 Å². The number of hydrogen-bond donors (Lipinski definition) is 1. The zero-order valence-electron chi connectivity index (χ0n) is 11.7. The van der Waals surface area contributed by atoms with Gasteiger partial charge in [-0.05, 0) is 39.2 Å². The van der Waals surface area contributed by atoms with Gasteiger partial charge in [0.05, 0.1) is 6.61 Å². The van der Waals surface area contributed by atoms with Crippen LogP contribution in [-0.4, -0.2) is 18.7 Å². The van der Waals surface area contributed by atoms with Crippen LogP contribution in [0.25, 0.3) is 0 Å². The molecule has 18 heavy (non-hydrogen) atoms. The summed E-state index contributed by atoms with van der Waals surface area (Å²) in [5, 5.41) is 0. The molecule has 1 aromatic rings. The van der Waals surface area contributed by atoms with E-state index in [2.05, 4.69) is 31.7 Å². The van der Waals surface area contributed by atoms with Crippen LogP contribution in [0.15, 0.2) is 18.2 Å². The minimum absolute atomic E-state index is 0.218. The molecule has 1 aromatic carbocycles. The predicted octanol–water partition coefficient (Wildman–Crippen LogP) is 3.44. The van der Waals surface area contributed by atoms with E-state index in [1.54, 1.807) is 0 Å². The lowest BCUT2D eigenvalue weighted by molar-refractivity contribution is 0.317. The Morgan fingerprint density at radius 2 is 2.11 bits per heavy atom. The fourth-order valence-corrected chi connectivity index (χ4v) is 2.65. The van der Waals surface area contributed by atoms with Gasteiger partial charge in [-0.25, -0.2) is 0 Å². The number of nitrogens with zero attached hydrogens (tertiary/aromatic N) is 1. The van der Waals surface area contributed by atoms with Crippen LogP contribution in [0.3, 0.4) is 0 Å². The van der Waals surface area contributed by atoms with Crippen LogP contribution in [-0.2, 0) is 0 Å². The maximum absolute atomic E-state index is 5.98. The minimum Gasteiger partial charge on any atom is -0.493 e. The molecule has 1 saturated heterocycles. The zero-order chi connectivity index (χ0) is 13.2. The Labute approximate surface area is 110 Å². The molecule has 0 aliphatic carbocycles. The van der Waals surface area contributed by atoms with Crippen molar-refractivity contribution in [2.75, 3.05) is 23.8 Å². The van der Waals surface area contributed by atoms with E-state index >= 15 is 0 Å². The monoisotopic (exact) mass is 248 g/mol. The topological polar surface area (TPSA) is 38.5 Å². The van der Waals surface area contributed by atoms with Gasteiger partial charge in [-0.3, -0.25) is 0 Å². The summed E-state index contributed by atoms with van der Waals surface area (Å²) in [4.78, 5) is 2.43. The molecule has 0 atom stereocenters. The van der Waals surface area contributed by atoms with Gasteiger partial charge in [0.25, 0.3) is 0 Å². The number of nitrogen functional groups attached to an aromatic ring is 1. The largest absolute Gasteiger partial charge is 0.493 e. The number of ether oxygens (including phenoxy) is 1. The highest BCUT2D eigenvalue weighted by molar-refractivity contribution is 5.62. The summed E-state index contributed by atoms with van der Waals surface area (Å²) >= 11 is 0. The number of benzene rings is 1. The van der Waals surface area contributed by atoms with Gasteiger partial charge >= 0.3 is 0 Å². The number of hydrogen-bond acceptors (Lipinski definition) is 3. The first kappa shape index (κ1) is 13.1. The third-order valence-electron chi connectivity index (χ3n) is 3.60. The summed E-state index contributed by atoms with van der Waals surface area (Å²) in [5.41, 5.74) is 8.16. The average molecular weight is 248 g/mol. The summed E-state index contributed by atoms with van der Waals surface area (Å²) in [5.74, 6) is 0.884. The van der Waals surface area contributed by atoms with Gasteiger partial charge in [0.1, 0.15) is 5.75 Å². The highest BCUT2D eigenvalue weighted by atomic mass is 16.5. The quantitative estimate of drug-likeness (QED) is 0.830. The Morgan fingerprint density at radius 1 is 1.33 bits per heavy atom. The van der Waals surface area contributed by atoms with Crippen molar-refractivity contribution in [3.63, 3.8) is 0 Å². The molecule has 2 N–H and O–H groups in total. The average Bonchev–Trinajstić information content (AvgIpc) is 2.65. The van der Waals surface area contributed by atoms with Crippen LogP contribution in [0.5, 0.6) is 5.75 Å². The fourth-order valence-electron chi connectivity index (χ4n) is 2.65. The van der Waals surface area contributed by atoms with Crippen molar-refractivity contribution in [3.8, 4) is 5.75 Å². The van der Waals surface area contributed by atoms with Gasteiger partial charge in [-0.2, -0.15) is 0 Å². The van der Waals surface area contributed by atoms with E-state index in [4.69, 9.17) is 10.5 Å². The second-order valence-electron chi connectivity index (χ2n) is 5.68. The summed E-state index contributed by atoms with van der Waals surface area (Å²) in [6.45, 7) is 8.53. The first-order valence-electron chi connectivity index (χ1n) is 6.84. The molecule has 0 radical (unpaired) electrons. The predicted molar refractivity (Wildman–Crippen MR) is 77.3 cm³/mol. The van der Waals surface area contributed by atoms with Gasteiger partial charge in [0.2, 0.25) is 0 Å². The Hall–Kier alpha value is -1.38. The molecule has 0 saturated carbocycles. The maximum atomic E-state index is 5.98. The van der Waals surface area contributed by atoms with Crippen molar-refractivity contribution in [1.29, 1.82) is 0 Å². The summed E-state index contributed by atoms with van der Waals surface area (Å²) in [6.07, 6.45) is 3.49. The van der Waals surface area contributed by atoms with Crippen molar-refractivity contribution < 1.29 is 4.74 Å². The Bertz CT molecular complexity index is 415. The molecule has 3 heteroatoms. The van der Waals surface area contributed by atoms with Crippen molar-refractivity contribution in [3.05, 3.63) is 18.2 Å². The zero-order valence-corrected chi connectivity index (χ0v) is 11.7. The number of nitrogens with two attached hydrogens (primary N) is 1. The Balaban J connectivity index is 2.24. The molecule has 1 heterocycles. The maximum Gasteiger partial charge on any atom is 0.123 e. The van der Waals surface area contributed by atoms with Crippen LogP contribution in [0.4, 0.5) is 11.4 Å². The summed E-state index contributed by atoms with van der Waals surface area (Å²) in [7, 11) is 0. The second-order valence-corrected chi connectivity index (χ2v) is 5.68. The van der Waals surface area contributed by atoms with Gasteiger partial charge in [-0.15, -0.1) is 0 Å². The lowest BCUT2D eigenvalue weighted by Gasteiger charge is -2.34. The third kappa shape index (κ3) is 2.71. The molecule has 0 bridgehead atoms. The third-order valence-corrected chi connectivity index (χ3v) is 3.60. The molecule has 3 nitrogen and oxygen atoms in total. The van der Waals surface area contributed by atoms with E-state index in [1.165, 1.54) is 18.5 Å². The van der Waals surface area contributed by atoms with Gasteiger partial charge in [0.15, 0.2) is 0 Å².